The molecule has 4 aromatic rings. The zero-order chi connectivity index (χ0) is 28.3. The van der Waals surface area contributed by atoms with Gasteiger partial charge in [0.25, 0.3) is 5.69 Å². The maximum absolute atomic E-state index is 12.6. The first kappa shape index (κ1) is 27.3. The summed E-state index contributed by atoms with van der Waals surface area (Å²) >= 11 is 0. The summed E-state index contributed by atoms with van der Waals surface area (Å²) in [7, 11) is 10.4. The second-order valence-corrected chi connectivity index (χ2v) is 9.27. The van der Waals surface area contributed by atoms with Crippen molar-refractivity contribution in [1.29, 1.82) is 0 Å². The molecule has 12 heteroatoms. The highest BCUT2D eigenvalue weighted by atomic mass is 16.6. The molecule has 2 aromatic heterocycles. The predicted molar refractivity (Wildman–Crippen MR) is 150 cm³/mol. The second-order valence-electron chi connectivity index (χ2n) is 9.27. The normalized spacial score (nSPS) is 11.1. The van der Waals surface area contributed by atoms with Crippen LogP contribution < -0.4 is 15.0 Å². The molecule has 0 spiro atoms. The van der Waals surface area contributed by atoms with Crippen molar-refractivity contribution in [2.75, 3.05) is 58.7 Å². The van der Waals surface area contributed by atoms with Gasteiger partial charge in [0.05, 0.1) is 30.5 Å². The fourth-order valence-electron chi connectivity index (χ4n) is 4.30. The first-order valence-corrected chi connectivity index (χ1v) is 12.1. The molecule has 0 amide bonds. The van der Waals surface area contributed by atoms with Crippen LogP contribution in [-0.2, 0) is 11.8 Å². The van der Waals surface area contributed by atoms with Gasteiger partial charge in [-0.25, -0.2) is 14.8 Å². The van der Waals surface area contributed by atoms with E-state index in [1.165, 1.54) is 26.5 Å². The van der Waals surface area contributed by atoms with Crippen molar-refractivity contribution >= 4 is 39.9 Å². The largest absolute Gasteiger partial charge is 0.494 e. The number of ether oxygens (including phenoxy) is 2. The highest BCUT2D eigenvalue weighted by Crippen LogP contribution is 2.39. The van der Waals surface area contributed by atoms with Crippen LogP contribution in [-0.4, -0.2) is 78.8 Å². The molecule has 0 radical (unpaired) electrons. The number of fused-ring (bicyclic) bond motifs is 1. The quantitative estimate of drug-likeness (QED) is 0.181. The molecule has 0 atom stereocenters. The van der Waals surface area contributed by atoms with E-state index in [4.69, 9.17) is 9.47 Å². The van der Waals surface area contributed by atoms with E-state index >= 15 is 0 Å². The van der Waals surface area contributed by atoms with E-state index in [1.54, 1.807) is 13.1 Å². The molecular formula is C27H31N7O5. The molecule has 0 aliphatic heterocycles. The minimum absolute atomic E-state index is 0.0972. The lowest BCUT2D eigenvalue weighted by atomic mass is 10.1. The van der Waals surface area contributed by atoms with Crippen LogP contribution in [0.1, 0.15) is 10.4 Å². The number of nitro groups is 1. The van der Waals surface area contributed by atoms with Gasteiger partial charge in [0.2, 0.25) is 5.95 Å². The number of aryl methyl sites for hydroxylation is 1. The number of esters is 1. The number of hydrogen-bond acceptors (Lipinski definition) is 10. The summed E-state index contributed by atoms with van der Waals surface area (Å²) in [5.74, 6) is -0.0747. The van der Waals surface area contributed by atoms with Crippen LogP contribution in [0.25, 0.3) is 22.2 Å². The summed E-state index contributed by atoms with van der Waals surface area (Å²) < 4.78 is 12.5. The van der Waals surface area contributed by atoms with Crippen molar-refractivity contribution in [3.8, 4) is 17.0 Å². The van der Waals surface area contributed by atoms with Gasteiger partial charge in [-0.05, 0) is 20.2 Å². The SMILES string of the molecule is COC(=O)c1cnc(Nc2cc([N+](=O)[O-])c(N(C)CCN(C)C)cc2OC)nc1-c1cn(C)c2ccccc12. The van der Waals surface area contributed by atoms with Crippen molar-refractivity contribution in [3.63, 3.8) is 0 Å². The standard InChI is InChI=1S/C27H31N7O5/c1-31(2)11-12-32(3)22-14-24(38-5)20(13-23(22)34(36)37)29-27-28-15-18(26(35)39-6)25(30-27)19-16-33(4)21-10-8-7-9-17(19)21/h7-10,13-16H,11-12H2,1-6H3,(H,28,29,30). The van der Waals surface area contributed by atoms with E-state index in [9.17, 15) is 14.9 Å². The molecular weight excluding hydrogens is 502 g/mol. The number of nitro benzene ring substituents is 1. The number of carbonyl (C=O) groups is 1. The minimum Gasteiger partial charge on any atom is -0.494 e. The van der Waals surface area contributed by atoms with E-state index in [0.29, 0.717) is 35.9 Å². The molecule has 204 valence electrons. The Kier molecular flexibility index (Phi) is 7.96. The summed E-state index contributed by atoms with van der Waals surface area (Å²) in [4.78, 5) is 36.9. The lowest BCUT2D eigenvalue weighted by Gasteiger charge is -2.22. The van der Waals surface area contributed by atoms with Gasteiger partial charge in [0, 0.05) is 68.2 Å². The summed E-state index contributed by atoms with van der Waals surface area (Å²) in [6.07, 6.45) is 3.26. The fourth-order valence-corrected chi connectivity index (χ4v) is 4.30. The molecule has 1 N–H and O–H groups in total. The van der Waals surface area contributed by atoms with E-state index in [1.807, 2.05) is 66.0 Å². The molecule has 0 saturated heterocycles. The highest BCUT2D eigenvalue weighted by molar-refractivity contribution is 6.02. The number of rotatable bonds is 10. The number of methoxy groups -OCH3 is 2. The Balaban J connectivity index is 1.80. The molecule has 2 heterocycles. The van der Waals surface area contributed by atoms with Crippen molar-refractivity contribution < 1.29 is 19.2 Å². The number of benzene rings is 2. The molecule has 0 fully saturated rings. The Labute approximate surface area is 225 Å². The van der Waals surface area contributed by atoms with Gasteiger partial charge >= 0.3 is 5.97 Å². The molecule has 0 unspecified atom stereocenters. The molecule has 0 saturated carbocycles. The number of anilines is 3. The summed E-state index contributed by atoms with van der Waals surface area (Å²) in [5, 5.41) is 15.9. The summed E-state index contributed by atoms with van der Waals surface area (Å²) in [6, 6.07) is 10.8. The van der Waals surface area contributed by atoms with Gasteiger partial charge < -0.3 is 29.2 Å². The number of nitrogens with zero attached hydrogens (tertiary/aromatic N) is 6. The third-order valence-electron chi connectivity index (χ3n) is 6.38. The number of aromatic nitrogens is 3. The van der Waals surface area contributed by atoms with E-state index in [2.05, 4.69) is 15.3 Å². The van der Waals surface area contributed by atoms with Crippen LogP contribution in [0, 0.1) is 10.1 Å². The summed E-state index contributed by atoms with van der Waals surface area (Å²) in [6.45, 7) is 1.30. The maximum Gasteiger partial charge on any atom is 0.341 e. The number of carbonyl (C=O) groups excluding carboxylic acids is 1. The number of para-hydroxylation sites is 1. The van der Waals surface area contributed by atoms with Crippen LogP contribution in [0.15, 0.2) is 48.8 Å². The first-order chi connectivity index (χ1) is 18.6. The minimum atomic E-state index is -0.581. The molecule has 0 bridgehead atoms. The maximum atomic E-state index is 12.6. The van der Waals surface area contributed by atoms with Gasteiger partial charge in [0.15, 0.2) is 0 Å². The van der Waals surface area contributed by atoms with Gasteiger partial charge in [-0.3, -0.25) is 10.1 Å². The van der Waals surface area contributed by atoms with Crippen molar-refractivity contribution in [3.05, 3.63) is 64.5 Å². The van der Waals surface area contributed by atoms with Crippen molar-refractivity contribution in [2.24, 2.45) is 7.05 Å². The predicted octanol–water partition coefficient (Wildman–Crippen LogP) is 4.08. The topological polar surface area (TPSA) is 128 Å². The third kappa shape index (κ3) is 5.60. The van der Waals surface area contributed by atoms with Gasteiger partial charge in [0.1, 0.15) is 17.0 Å². The van der Waals surface area contributed by atoms with Crippen LogP contribution in [0.5, 0.6) is 5.75 Å². The smallest absolute Gasteiger partial charge is 0.341 e. The lowest BCUT2D eigenvalue weighted by Crippen LogP contribution is -2.29. The van der Waals surface area contributed by atoms with Crippen LogP contribution in [0.4, 0.5) is 23.0 Å². The van der Waals surface area contributed by atoms with Crippen LogP contribution in [0.3, 0.4) is 0 Å². The molecule has 12 nitrogen and oxygen atoms in total. The second kappa shape index (κ2) is 11.4. The highest BCUT2D eigenvalue weighted by Gasteiger charge is 2.24. The Hall–Kier alpha value is -4.71. The lowest BCUT2D eigenvalue weighted by molar-refractivity contribution is -0.384. The van der Waals surface area contributed by atoms with E-state index in [-0.39, 0.29) is 17.2 Å². The Morgan fingerprint density at radius 1 is 1.15 bits per heavy atom. The number of likely N-dealkylation sites (N-methyl/N-ethyl adjacent to an activating group) is 2. The van der Waals surface area contributed by atoms with Gasteiger partial charge in [-0.1, -0.05) is 18.2 Å². The van der Waals surface area contributed by atoms with Gasteiger partial charge in [-0.2, -0.15) is 0 Å². The molecule has 2 aromatic carbocycles. The monoisotopic (exact) mass is 533 g/mol. The Bertz CT molecular complexity index is 1530. The Morgan fingerprint density at radius 3 is 2.56 bits per heavy atom. The number of hydrogen-bond donors (Lipinski definition) is 1. The summed E-state index contributed by atoms with van der Waals surface area (Å²) in [5.41, 5.74) is 2.86. The van der Waals surface area contributed by atoms with E-state index in [0.717, 1.165) is 16.5 Å². The Morgan fingerprint density at radius 2 is 1.90 bits per heavy atom. The average Bonchev–Trinajstić information content (AvgIpc) is 3.27. The first-order valence-electron chi connectivity index (χ1n) is 12.1. The van der Waals surface area contributed by atoms with Crippen LogP contribution in [0.2, 0.25) is 0 Å². The molecule has 0 aliphatic carbocycles. The third-order valence-corrected chi connectivity index (χ3v) is 6.38. The average molecular weight is 534 g/mol. The van der Waals surface area contributed by atoms with Crippen LogP contribution >= 0.6 is 0 Å². The van der Waals surface area contributed by atoms with Crippen molar-refractivity contribution in [1.82, 2.24) is 19.4 Å². The van der Waals surface area contributed by atoms with Gasteiger partial charge in [-0.15, -0.1) is 0 Å². The van der Waals surface area contributed by atoms with Crippen molar-refractivity contribution in [2.45, 2.75) is 0 Å². The van der Waals surface area contributed by atoms with E-state index < -0.39 is 10.9 Å². The fraction of sp³-hybridized carbons (Fsp3) is 0.296. The molecule has 0 aliphatic rings. The zero-order valence-corrected chi connectivity index (χ0v) is 22.8. The molecule has 39 heavy (non-hydrogen) atoms. The number of nitrogens with one attached hydrogen (secondary N) is 1. The molecule has 4 rings (SSSR count). The zero-order valence-electron chi connectivity index (χ0n) is 22.8.